The Labute approximate surface area is 121 Å². The molecular formula is C15H13NO3S. The summed E-state index contributed by atoms with van der Waals surface area (Å²) in [5.41, 5.74) is 0.354. The van der Waals surface area contributed by atoms with E-state index in [1.54, 1.807) is 24.3 Å². The van der Waals surface area contributed by atoms with Gasteiger partial charge in [0, 0.05) is 4.88 Å². The zero-order valence-corrected chi connectivity index (χ0v) is 11.9. The van der Waals surface area contributed by atoms with E-state index < -0.39 is 5.92 Å². The topological polar surface area (TPSA) is 59.3 Å². The van der Waals surface area contributed by atoms with E-state index in [-0.39, 0.29) is 5.78 Å². The molecule has 0 saturated carbocycles. The van der Waals surface area contributed by atoms with E-state index in [0.29, 0.717) is 17.1 Å². The normalized spacial score (nSPS) is 11.4. The fraction of sp³-hybridized carbons (Fsp3) is 0.200. The number of carbonyl (C=O) groups is 1. The summed E-state index contributed by atoms with van der Waals surface area (Å²) in [6.07, 6.45) is 0. The van der Waals surface area contributed by atoms with Crippen LogP contribution in [0.5, 0.6) is 11.5 Å². The van der Waals surface area contributed by atoms with Crippen LogP contribution >= 0.6 is 11.3 Å². The van der Waals surface area contributed by atoms with Crippen molar-refractivity contribution in [3.63, 3.8) is 0 Å². The first-order valence-electron chi connectivity index (χ1n) is 5.91. The molecular weight excluding hydrogens is 274 g/mol. The zero-order chi connectivity index (χ0) is 14.5. The second-order valence-corrected chi connectivity index (χ2v) is 4.96. The van der Waals surface area contributed by atoms with Gasteiger partial charge in [-0.05, 0) is 23.6 Å². The molecule has 0 N–H and O–H groups in total. The van der Waals surface area contributed by atoms with Crippen molar-refractivity contribution < 1.29 is 14.3 Å². The number of ketones is 1. The maximum atomic E-state index is 12.6. The Morgan fingerprint density at radius 3 is 2.60 bits per heavy atom. The monoisotopic (exact) mass is 287 g/mol. The summed E-state index contributed by atoms with van der Waals surface area (Å²) in [7, 11) is 2.98. The fourth-order valence-electron chi connectivity index (χ4n) is 1.94. The minimum absolute atomic E-state index is 0.286. The smallest absolute Gasteiger partial charge is 0.189 e. The quantitative estimate of drug-likeness (QED) is 0.792. The number of Topliss-reactive ketones (excluding diaryl/α,β-unsaturated/α-hetero) is 1. The molecule has 0 fully saturated rings. The van der Waals surface area contributed by atoms with E-state index >= 15 is 0 Å². The van der Waals surface area contributed by atoms with Gasteiger partial charge in [-0.3, -0.25) is 4.79 Å². The van der Waals surface area contributed by atoms with Crippen molar-refractivity contribution in [2.45, 2.75) is 5.92 Å². The van der Waals surface area contributed by atoms with Crippen LogP contribution < -0.4 is 9.47 Å². The summed E-state index contributed by atoms with van der Waals surface area (Å²) in [5, 5.41) is 11.1. The standard InChI is InChI=1S/C15H13NO3S/c1-18-12-6-3-5-10(15(12)19-2)14(17)11(9-16)13-7-4-8-20-13/h3-8,11H,1-2H3. The highest BCUT2D eigenvalue weighted by atomic mass is 32.1. The summed E-state index contributed by atoms with van der Waals surface area (Å²) >= 11 is 1.39. The van der Waals surface area contributed by atoms with Crippen LogP contribution in [0.3, 0.4) is 0 Å². The van der Waals surface area contributed by atoms with Crippen LogP contribution in [-0.4, -0.2) is 20.0 Å². The third-order valence-corrected chi connectivity index (χ3v) is 3.82. The Balaban J connectivity index is 2.46. The SMILES string of the molecule is COc1cccc(C(=O)C(C#N)c2cccs2)c1OC. The molecule has 1 aromatic heterocycles. The van der Waals surface area contributed by atoms with Crippen molar-refractivity contribution in [3.05, 3.63) is 46.2 Å². The summed E-state index contributed by atoms with van der Waals surface area (Å²) in [6.45, 7) is 0. The molecule has 102 valence electrons. The highest BCUT2D eigenvalue weighted by Gasteiger charge is 2.26. The fourth-order valence-corrected chi connectivity index (χ4v) is 2.71. The van der Waals surface area contributed by atoms with Crippen LogP contribution in [0.1, 0.15) is 21.2 Å². The average molecular weight is 287 g/mol. The predicted molar refractivity (Wildman–Crippen MR) is 76.5 cm³/mol. The van der Waals surface area contributed by atoms with Crippen molar-refractivity contribution >= 4 is 17.1 Å². The maximum Gasteiger partial charge on any atom is 0.189 e. The minimum atomic E-state index is -0.823. The maximum absolute atomic E-state index is 12.6. The Morgan fingerprint density at radius 1 is 1.25 bits per heavy atom. The molecule has 2 aromatic rings. The van der Waals surface area contributed by atoms with E-state index in [4.69, 9.17) is 9.47 Å². The molecule has 0 bridgehead atoms. The van der Waals surface area contributed by atoms with Gasteiger partial charge < -0.3 is 9.47 Å². The van der Waals surface area contributed by atoms with E-state index in [9.17, 15) is 10.1 Å². The number of rotatable bonds is 5. The van der Waals surface area contributed by atoms with Crippen molar-refractivity contribution in [1.29, 1.82) is 5.26 Å². The molecule has 1 unspecified atom stereocenters. The largest absolute Gasteiger partial charge is 0.493 e. The third kappa shape index (κ3) is 2.51. The number of nitriles is 1. The number of hydrogen-bond donors (Lipinski definition) is 0. The average Bonchev–Trinajstić information content (AvgIpc) is 3.00. The highest BCUT2D eigenvalue weighted by molar-refractivity contribution is 7.10. The Morgan fingerprint density at radius 2 is 2.05 bits per heavy atom. The number of ether oxygens (including phenoxy) is 2. The Bertz CT molecular complexity index is 644. The van der Waals surface area contributed by atoms with E-state index in [1.807, 2.05) is 11.4 Å². The predicted octanol–water partition coefficient (Wildman–Crippen LogP) is 3.26. The molecule has 2 rings (SSSR count). The number of carbonyl (C=O) groups excluding carboxylic acids is 1. The molecule has 0 radical (unpaired) electrons. The lowest BCUT2D eigenvalue weighted by Gasteiger charge is -2.13. The molecule has 0 amide bonds. The van der Waals surface area contributed by atoms with Crippen LogP contribution in [0, 0.1) is 11.3 Å². The lowest BCUT2D eigenvalue weighted by molar-refractivity contribution is 0.0976. The van der Waals surface area contributed by atoms with Gasteiger partial charge >= 0.3 is 0 Å². The van der Waals surface area contributed by atoms with Gasteiger partial charge in [-0.2, -0.15) is 5.26 Å². The van der Waals surface area contributed by atoms with Gasteiger partial charge in [-0.15, -0.1) is 11.3 Å². The first kappa shape index (κ1) is 14.1. The van der Waals surface area contributed by atoms with Crippen LogP contribution in [0.25, 0.3) is 0 Å². The summed E-state index contributed by atoms with van der Waals surface area (Å²) in [4.78, 5) is 13.3. The number of nitrogens with zero attached hydrogens (tertiary/aromatic N) is 1. The van der Waals surface area contributed by atoms with Crippen LogP contribution in [-0.2, 0) is 0 Å². The summed E-state index contributed by atoms with van der Waals surface area (Å²) in [6, 6.07) is 10.7. The lowest BCUT2D eigenvalue weighted by atomic mass is 9.96. The molecule has 1 heterocycles. The van der Waals surface area contributed by atoms with Gasteiger partial charge in [0.15, 0.2) is 17.3 Å². The van der Waals surface area contributed by atoms with Crippen molar-refractivity contribution in [1.82, 2.24) is 0 Å². The molecule has 20 heavy (non-hydrogen) atoms. The van der Waals surface area contributed by atoms with Gasteiger partial charge in [0.05, 0.1) is 25.9 Å². The van der Waals surface area contributed by atoms with Crippen LogP contribution in [0.4, 0.5) is 0 Å². The molecule has 0 aliphatic rings. The second kappa shape index (κ2) is 6.22. The first-order valence-corrected chi connectivity index (χ1v) is 6.79. The molecule has 1 atom stereocenters. The van der Waals surface area contributed by atoms with Crippen molar-refractivity contribution in [3.8, 4) is 17.6 Å². The van der Waals surface area contributed by atoms with Crippen molar-refractivity contribution in [2.75, 3.05) is 14.2 Å². The van der Waals surface area contributed by atoms with Crippen LogP contribution in [0.2, 0.25) is 0 Å². The molecule has 0 aliphatic heterocycles. The van der Waals surface area contributed by atoms with Gasteiger partial charge in [-0.1, -0.05) is 12.1 Å². The highest BCUT2D eigenvalue weighted by Crippen LogP contribution is 2.34. The second-order valence-electron chi connectivity index (χ2n) is 3.98. The Kier molecular flexibility index (Phi) is 4.38. The minimum Gasteiger partial charge on any atom is -0.493 e. The molecule has 5 heteroatoms. The van der Waals surface area contributed by atoms with Gasteiger partial charge in [0.2, 0.25) is 0 Å². The molecule has 0 saturated heterocycles. The molecule has 1 aromatic carbocycles. The number of benzene rings is 1. The van der Waals surface area contributed by atoms with Gasteiger partial charge in [0.25, 0.3) is 0 Å². The van der Waals surface area contributed by atoms with Crippen molar-refractivity contribution in [2.24, 2.45) is 0 Å². The lowest BCUT2D eigenvalue weighted by Crippen LogP contribution is -2.12. The number of thiophene rings is 1. The van der Waals surface area contributed by atoms with Crippen LogP contribution in [0.15, 0.2) is 35.7 Å². The Hall–Kier alpha value is -2.32. The van der Waals surface area contributed by atoms with E-state index in [2.05, 4.69) is 6.07 Å². The van der Waals surface area contributed by atoms with E-state index in [0.717, 1.165) is 4.88 Å². The number of hydrogen-bond acceptors (Lipinski definition) is 5. The molecule has 0 aliphatic carbocycles. The molecule has 0 spiro atoms. The summed E-state index contributed by atoms with van der Waals surface area (Å²) < 4.78 is 10.4. The van der Waals surface area contributed by atoms with E-state index in [1.165, 1.54) is 25.6 Å². The summed E-state index contributed by atoms with van der Waals surface area (Å²) in [5.74, 6) is -0.278. The van der Waals surface area contributed by atoms with Gasteiger partial charge in [-0.25, -0.2) is 0 Å². The van der Waals surface area contributed by atoms with Gasteiger partial charge in [0.1, 0.15) is 5.92 Å². The molecule has 4 nitrogen and oxygen atoms in total. The third-order valence-electron chi connectivity index (χ3n) is 2.89. The number of methoxy groups -OCH3 is 2. The first-order chi connectivity index (χ1) is 9.72. The number of para-hydroxylation sites is 1. The zero-order valence-electron chi connectivity index (χ0n) is 11.1.